The molecule has 132 valence electrons. The first-order valence-electron chi connectivity index (χ1n) is 9.11. The van der Waals surface area contributed by atoms with Gasteiger partial charge in [0.25, 0.3) is 0 Å². The Morgan fingerprint density at radius 3 is 1.92 bits per heavy atom. The van der Waals surface area contributed by atoms with Crippen molar-refractivity contribution in [1.29, 1.82) is 0 Å². The van der Waals surface area contributed by atoms with Gasteiger partial charge < -0.3 is 15.3 Å². The number of nitrogens with one attached hydrogen (secondary N) is 1. The molecule has 4 nitrogen and oxygen atoms in total. The number of rotatable bonds is 2. The zero-order valence-corrected chi connectivity index (χ0v) is 15.6. The molecule has 2 heterocycles. The molecule has 2 aliphatic rings. The molecule has 0 spiro atoms. The number of amides is 2. The first-order valence-corrected chi connectivity index (χ1v) is 9.11. The topological polar surface area (TPSA) is 52.6 Å². The maximum atomic E-state index is 12.7. The predicted molar refractivity (Wildman–Crippen MR) is 96.3 cm³/mol. The van der Waals surface area contributed by atoms with E-state index < -0.39 is 0 Å². The molecule has 2 fully saturated rings. The molecule has 0 aromatic heterocycles. The molecule has 2 N–H and O–H groups in total. The van der Waals surface area contributed by atoms with Crippen LogP contribution >= 0.6 is 0 Å². The van der Waals surface area contributed by atoms with Gasteiger partial charge in [-0.15, -0.1) is 0 Å². The number of aliphatic hydroxyl groups excluding tert-OH is 1. The molecular weight excluding hydrogens is 300 g/mol. The van der Waals surface area contributed by atoms with E-state index in [2.05, 4.69) is 39.9 Å². The van der Waals surface area contributed by atoms with Crippen LogP contribution in [0.3, 0.4) is 0 Å². The van der Waals surface area contributed by atoms with Gasteiger partial charge in [-0.1, -0.05) is 0 Å². The molecule has 0 radical (unpaired) electrons. The zero-order chi connectivity index (χ0) is 17.6. The Morgan fingerprint density at radius 1 is 0.958 bits per heavy atom. The Hall–Kier alpha value is -1.55. The molecule has 1 aromatic rings. The summed E-state index contributed by atoms with van der Waals surface area (Å²) in [6.07, 6.45) is 3.26. The lowest BCUT2D eigenvalue weighted by Gasteiger charge is -2.37. The average Bonchev–Trinajstić information content (AvgIpc) is 2.82. The summed E-state index contributed by atoms with van der Waals surface area (Å²) in [6, 6.07) is 0.453. The molecule has 1 aromatic carbocycles. The summed E-state index contributed by atoms with van der Waals surface area (Å²) >= 11 is 0. The molecule has 3 rings (SSSR count). The van der Waals surface area contributed by atoms with Crippen molar-refractivity contribution in [3.63, 3.8) is 0 Å². The maximum Gasteiger partial charge on any atom is 0.318 e. The van der Waals surface area contributed by atoms with E-state index in [1.165, 1.54) is 33.4 Å². The van der Waals surface area contributed by atoms with Crippen molar-refractivity contribution in [2.24, 2.45) is 0 Å². The van der Waals surface area contributed by atoms with Crippen molar-refractivity contribution >= 4 is 6.03 Å². The summed E-state index contributed by atoms with van der Waals surface area (Å²) in [7, 11) is 0. The van der Waals surface area contributed by atoms with Gasteiger partial charge >= 0.3 is 6.03 Å². The van der Waals surface area contributed by atoms with E-state index in [1.54, 1.807) is 0 Å². The highest BCUT2D eigenvalue weighted by atomic mass is 16.3. The lowest BCUT2D eigenvalue weighted by Crippen LogP contribution is -2.51. The van der Waals surface area contributed by atoms with Crippen molar-refractivity contribution in [2.75, 3.05) is 0 Å². The molecular formula is C20H30N2O2. The van der Waals surface area contributed by atoms with Crippen LogP contribution in [0.25, 0.3) is 0 Å². The van der Waals surface area contributed by atoms with E-state index in [1.807, 2.05) is 4.90 Å². The lowest BCUT2D eigenvalue weighted by molar-refractivity contribution is 0.0541. The molecule has 4 heteroatoms. The number of urea groups is 1. The third-order valence-electron chi connectivity index (χ3n) is 6.51. The highest BCUT2D eigenvalue weighted by Crippen LogP contribution is 2.35. The largest absolute Gasteiger partial charge is 0.393 e. The number of benzene rings is 1. The smallest absolute Gasteiger partial charge is 0.318 e. The van der Waals surface area contributed by atoms with Gasteiger partial charge in [0.2, 0.25) is 0 Å². The second-order valence-electron chi connectivity index (χ2n) is 7.68. The van der Waals surface area contributed by atoms with Crippen LogP contribution in [-0.2, 0) is 6.54 Å². The van der Waals surface area contributed by atoms with E-state index >= 15 is 0 Å². The van der Waals surface area contributed by atoms with Crippen molar-refractivity contribution in [1.82, 2.24) is 10.2 Å². The first-order chi connectivity index (χ1) is 11.3. The molecule has 2 amide bonds. The SMILES string of the molecule is Cc1c(C)c(C)c(CNC(=O)N2[C@H]3CC[C@H]2CC(O)C3)c(C)c1C. The summed E-state index contributed by atoms with van der Waals surface area (Å²) in [4.78, 5) is 14.7. The third kappa shape index (κ3) is 2.81. The first kappa shape index (κ1) is 17.3. The maximum absolute atomic E-state index is 12.7. The van der Waals surface area contributed by atoms with Gasteiger partial charge in [0.05, 0.1) is 6.10 Å². The monoisotopic (exact) mass is 330 g/mol. The summed E-state index contributed by atoms with van der Waals surface area (Å²) in [5.41, 5.74) is 7.81. The minimum Gasteiger partial charge on any atom is -0.393 e. The third-order valence-corrected chi connectivity index (χ3v) is 6.51. The van der Waals surface area contributed by atoms with Crippen molar-refractivity contribution in [2.45, 2.75) is 85.0 Å². The predicted octanol–water partition coefficient (Wildman–Crippen LogP) is 3.43. The van der Waals surface area contributed by atoms with E-state index in [-0.39, 0.29) is 24.2 Å². The number of carbonyl (C=O) groups excluding carboxylic acids is 1. The van der Waals surface area contributed by atoms with Crippen molar-refractivity contribution in [3.8, 4) is 0 Å². The average molecular weight is 330 g/mol. The highest BCUT2D eigenvalue weighted by Gasteiger charge is 2.42. The van der Waals surface area contributed by atoms with Gasteiger partial charge in [0, 0.05) is 18.6 Å². The summed E-state index contributed by atoms with van der Waals surface area (Å²) in [5, 5.41) is 13.0. The minimum atomic E-state index is -0.238. The lowest BCUT2D eigenvalue weighted by atomic mass is 9.89. The Morgan fingerprint density at radius 2 is 1.42 bits per heavy atom. The van der Waals surface area contributed by atoms with Crippen LogP contribution in [0.1, 0.15) is 59.1 Å². The fraction of sp³-hybridized carbons (Fsp3) is 0.650. The minimum absolute atomic E-state index is 0.0316. The molecule has 2 bridgehead atoms. The van der Waals surface area contributed by atoms with Gasteiger partial charge in [0.15, 0.2) is 0 Å². The molecule has 2 atom stereocenters. The standard InChI is InChI=1S/C20H30N2O2/c1-11-12(2)14(4)19(15(5)13(11)3)10-21-20(24)22-16-6-7-17(22)9-18(23)8-16/h16-18,23H,6-10H2,1-5H3,(H,21,24)/t16-,17-/m0/s1. The number of aliphatic hydroxyl groups is 1. The normalized spacial score (nSPS) is 25.9. The Balaban J connectivity index is 1.74. The Labute approximate surface area is 145 Å². The summed E-state index contributed by atoms with van der Waals surface area (Å²) in [5.74, 6) is 0. The van der Waals surface area contributed by atoms with E-state index in [4.69, 9.17) is 0 Å². The second kappa shape index (κ2) is 6.40. The highest BCUT2D eigenvalue weighted by molar-refractivity contribution is 5.75. The number of fused-ring (bicyclic) bond motifs is 2. The molecule has 0 unspecified atom stereocenters. The van der Waals surface area contributed by atoms with Crippen LogP contribution < -0.4 is 5.32 Å². The summed E-state index contributed by atoms with van der Waals surface area (Å²) in [6.45, 7) is 11.4. The Bertz CT molecular complexity index is 625. The van der Waals surface area contributed by atoms with E-state index in [9.17, 15) is 9.90 Å². The number of hydrogen-bond donors (Lipinski definition) is 2. The number of piperidine rings is 1. The van der Waals surface area contributed by atoms with Crippen LogP contribution in [-0.4, -0.2) is 34.2 Å². The number of hydrogen-bond acceptors (Lipinski definition) is 2. The van der Waals surface area contributed by atoms with Gasteiger partial charge in [-0.2, -0.15) is 0 Å². The van der Waals surface area contributed by atoms with Crippen molar-refractivity contribution < 1.29 is 9.90 Å². The van der Waals surface area contributed by atoms with Gasteiger partial charge in [-0.05, 0) is 93.7 Å². The fourth-order valence-electron chi connectivity index (χ4n) is 4.58. The van der Waals surface area contributed by atoms with Crippen LogP contribution in [0.4, 0.5) is 4.79 Å². The van der Waals surface area contributed by atoms with Gasteiger partial charge in [-0.3, -0.25) is 0 Å². The van der Waals surface area contributed by atoms with Crippen LogP contribution in [0, 0.1) is 34.6 Å². The zero-order valence-electron chi connectivity index (χ0n) is 15.6. The quantitative estimate of drug-likeness (QED) is 0.873. The molecule has 2 aliphatic heterocycles. The molecule has 24 heavy (non-hydrogen) atoms. The number of nitrogens with zero attached hydrogens (tertiary/aromatic N) is 1. The number of carbonyl (C=O) groups is 1. The van der Waals surface area contributed by atoms with Crippen LogP contribution in [0.2, 0.25) is 0 Å². The second-order valence-corrected chi connectivity index (χ2v) is 7.68. The molecule has 2 saturated heterocycles. The van der Waals surface area contributed by atoms with E-state index in [0.717, 1.165) is 25.7 Å². The molecule has 0 aliphatic carbocycles. The van der Waals surface area contributed by atoms with Crippen molar-refractivity contribution in [3.05, 3.63) is 33.4 Å². The summed E-state index contributed by atoms with van der Waals surface area (Å²) < 4.78 is 0. The van der Waals surface area contributed by atoms with E-state index in [0.29, 0.717) is 6.54 Å². The fourth-order valence-corrected chi connectivity index (χ4v) is 4.58. The van der Waals surface area contributed by atoms with Gasteiger partial charge in [0.1, 0.15) is 0 Å². The van der Waals surface area contributed by atoms with Gasteiger partial charge in [-0.25, -0.2) is 4.79 Å². The van der Waals surface area contributed by atoms with Crippen LogP contribution in [0.5, 0.6) is 0 Å². The Kier molecular flexibility index (Phi) is 4.60. The van der Waals surface area contributed by atoms with Crippen LogP contribution in [0.15, 0.2) is 0 Å². The molecule has 0 saturated carbocycles.